The van der Waals surface area contributed by atoms with Crippen LogP contribution in [0.1, 0.15) is 18.1 Å². The van der Waals surface area contributed by atoms with E-state index in [-0.39, 0.29) is 0 Å². The summed E-state index contributed by atoms with van der Waals surface area (Å²) >= 11 is 6.09. The van der Waals surface area contributed by atoms with Gasteiger partial charge in [0.05, 0.1) is 20.3 Å². The highest BCUT2D eigenvalue weighted by Gasteiger charge is 2.17. The number of benzene rings is 1. The van der Waals surface area contributed by atoms with Gasteiger partial charge >= 0.3 is 0 Å². The highest BCUT2D eigenvalue weighted by Crippen LogP contribution is 2.39. The quantitative estimate of drug-likeness (QED) is 0.885. The fourth-order valence-corrected chi connectivity index (χ4v) is 1.91. The van der Waals surface area contributed by atoms with E-state index >= 15 is 0 Å². The van der Waals surface area contributed by atoms with Gasteiger partial charge in [0.2, 0.25) is 0 Å². The smallest absolute Gasteiger partial charge is 0.165 e. The third kappa shape index (κ3) is 2.60. The number of aliphatic hydroxyl groups is 1. The molecule has 4 heteroatoms. The Morgan fingerprint density at radius 2 is 1.88 bits per heavy atom. The predicted molar refractivity (Wildman–Crippen MR) is 64.7 cm³/mol. The number of aliphatic hydroxyl groups excluding tert-OH is 1. The topological polar surface area (TPSA) is 38.7 Å². The van der Waals surface area contributed by atoms with E-state index in [9.17, 15) is 5.11 Å². The largest absolute Gasteiger partial charge is 0.493 e. The molecule has 0 fully saturated rings. The molecule has 1 unspecified atom stereocenters. The molecule has 16 heavy (non-hydrogen) atoms. The Bertz CT molecular complexity index is 375. The van der Waals surface area contributed by atoms with Crippen molar-refractivity contribution in [1.29, 1.82) is 0 Å². The van der Waals surface area contributed by atoms with E-state index in [1.807, 2.05) is 13.0 Å². The molecule has 0 aliphatic rings. The lowest BCUT2D eigenvalue weighted by Gasteiger charge is -2.17. The molecular formula is C12H17ClO3. The summed E-state index contributed by atoms with van der Waals surface area (Å²) in [5, 5.41) is 10.0. The van der Waals surface area contributed by atoms with Crippen LogP contribution in [0.2, 0.25) is 5.02 Å². The molecule has 1 rings (SSSR count). The Kier molecular flexibility index (Phi) is 4.44. The Balaban J connectivity index is 3.31. The van der Waals surface area contributed by atoms with Crippen molar-refractivity contribution < 1.29 is 14.6 Å². The molecule has 0 aromatic heterocycles. The number of methoxy groups -OCH3 is 2. The van der Waals surface area contributed by atoms with Gasteiger partial charge in [-0.15, -0.1) is 0 Å². The Labute approximate surface area is 101 Å². The molecule has 1 aromatic carbocycles. The lowest BCUT2D eigenvalue weighted by atomic mass is 10.0. The van der Waals surface area contributed by atoms with E-state index in [4.69, 9.17) is 21.1 Å². The third-order valence-electron chi connectivity index (χ3n) is 2.42. The number of hydrogen-bond donors (Lipinski definition) is 1. The fourth-order valence-electron chi connectivity index (χ4n) is 1.69. The normalized spacial score (nSPS) is 12.4. The van der Waals surface area contributed by atoms with Gasteiger partial charge in [-0.05, 0) is 19.9 Å². The highest BCUT2D eigenvalue weighted by molar-refractivity contribution is 6.31. The summed E-state index contributed by atoms with van der Waals surface area (Å²) < 4.78 is 10.6. The summed E-state index contributed by atoms with van der Waals surface area (Å²) in [6, 6.07) is 1.81. The first kappa shape index (κ1) is 13.1. The minimum absolute atomic E-state index is 0.447. The van der Waals surface area contributed by atoms with Gasteiger partial charge in [-0.3, -0.25) is 0 Å². The van der Waals surface area contributed by atoms with Crippen molar-refractivity contribution in [3.63, 3.8) is 0 Å². The average Bonchev–Trinajstić information content (AvgIpc) is 2.21. The summed E-state index contributed by atoms with van der Waals surface area (Å²) in [5.74, 6) is 1.27. The van der Waals surface area contributed by atoms with E-state index < -0.39 is 6.10 Å². The molecule has 1 atom stereocenters. The van der Waals surface area contributed by atoms with Crippen molar-refractivity contribution in [2.45, 2.75) is 26.4 Å². The molecule has 0 saturated heterocycles. The summed E-state index contributed by atoms with van der Waals surface area (Å²) in [7, 11) is 3.16. The fraction of sp³-hybridized carbons (Fsp3) is 0.500. The van der Waals surface area contributed by atoms with E-state index in [2.05, 4.69) is 0 Å². The number of rotatable bonds is 4. The molecule has 0 saturated carbocycles. The van der Waals surface area contributed by atoms with Crippen LogP contribution in [-0.4, -0.2) is 25.4 Å². The Morgan fingerprint density at radius 3 is 2.31 bits per heavy atom. The van der Waals surface area contributed by atoms with Crippen LogP contribution in [0.15, 0.2) is 6.07 Å². The average molecular weight is 245 g/mol. The van der Waals surface area contributed by atoms with Gasteiger partial charge in [-0.25, -0.2) is 0 Å². The van der Waals surface area contributed by atoms with Gasteiger partial charge in [-0.2, -0.15) is 0 Å². The van der Waals surface area contributed by atoms with E-state index in [1.54, 1.807) is 21.1 Å². The van der Waals surface area contributed by atoms with Crippen molar-refractivity contribution in [2.24, 2.45) is 0 Å². The summed E-state index contributed by atoms with van der Waals surface area (Å²) in [6.07, 6.45) is 0.0388. The minimum Gasteiger partial charge on any atom is -0.493 e. The zero-order valence-corrected chi connectivity index (χ0v) is 10.8. The molecule has 0 aliphatic heterocycles. The lowest BCUT2D eigenvalue weighted by Crippen LogP contribution is -2.07. The first-order valence-electron chi connectivity index (χ1n) is 5.09. The van der Waals surface area contributed by atoms with Crippen LogP contribution >= 0.6 is 11.6 Å². The SMILES string of the molecule is COc1c(CC(C)O)cc(Cl)c(C)c1OC. The number of hydrogen-bond acceptors (Lipinski definition) is 3. The number of ether oxygens (including phenoxy) is 2. The molecule has 0 spiro atoms. The minimum atomic E-state index is -0.447. The molecule has 0 bridgehead atoms. The maximum Gasteiger partial charge on any atom is 0.165 e. The number of halogens is 1. The predicted octanol–water partition coefficient (Wildman–Crippen LogP) is 2.59. The molecular weight excluding hydrogens is 228 g/mol. The molecule has 1 aromatic rings. The van der Waals surface area contributed by atoms with Gasteiger partial charge in [0.1, 0.15) is 0 Å². The zero-order valence-electron chi connectivity index (χ0n) is 10.0. The van der Waals surface area contributed by atoms with Crippen molar-refractivity contribution >= 4 is 11.6 Å². The maximum atomic E-state index is 9.41. The van der Waals surface area contributed by atoms with Gasteiger partial charge in [0.15, 0.2) is 11.5 Å². The standard InChI is InChI=1S/C12H17ClO3/c1-7(14)5-9-6-10(13)8(2)11(15-3)12(9)16-4/h6-7,14H,5H2,1-4H3. The first-order valence-corrected chi connectivity index (χ1v) is 5.47. The highest BCUT2D eigenvalue weighted by atomic mass is 35.5. The molecule has 0 aliphatic carbocycles. The van der Waals surface area contributed by atoms with Gasteiger partial charge < -0.3 is 14.6 Å². The molecule has 90 valence electrons. The van der Waals surface area contributed by atoms with Crippen LogP contribution in [0.4, 0.5) is 0 Å². The van der Waals surface area contributed by atoms with Gasteiger partial charge in [0.25, 0.3) is 0 Å². The van der Waals surface area contributed by atoms with Crippen LogP contribution in [0.5, 0.6) is 11.5 Å². The zero-order chi connectivity index (χ0) is 12.3. The summed E-state index contributed by atoms with van der Waals surface area (Å²) in [6.45, 7) is 3.59. The lowest BCUT2D eigenvalue weighted by molar-refractivity contribution is 0.194. The summed E-state index contributed by atoms with van der Waals surface area (Å²) in [4.78, 5) is 0. The Hall–Kier alpha value is -0.930. The van der Waals surface area contributed by atoms with Crippen LogP contribution in [0.25, 0.3) is 0 Å². The van der Waals surface area contributed by atoms with Gasteiger partial charge in [0, 0.05) is 22.6 Å². The van der Waals surface area contributed by atoms with Crippen molar-refractivity contribution in [1.82, 2.24) is 0 Å². The van der Waals surface area contributed by atoms with Crippen LogP contribution in [-0.2, 0) is 6.42 Å². The monoisotopic (exact) mass is 244 g/mol. The van der Waals surface area contributed by atoms with Crippen molar-refractivity contribution in [2.75, 3.05) is 14.2 Å². The molecule has 0 radical (unpaired) electrons. The Morgan fingerprint density at radius 1 is 1.31 bits per heavy atom. The van der Waals surface area contributed by atoms with Crippen LogP contribution < -0.4 is 9.47 Å². The molecule has 0 heterocycles. The van der Waals surface area contributed by atoms with Crippen molar-refractivity contribution in [3.05, 3.63) is 22.2 Å². The van der Waals surface area contributed by atoms with E-state index in [0.717, 1.165) is 11.1 Å². The maximum absolute atomic E-state index is 9.41. The second kappa shape index (κ2) is 5.41. The third-order valence-corrected chi connectivity index (χ3v) is 2.81. The second-order valence-corrected chi connectivity index (χ2v) is 4.17. The van der Waals surface area contributed by atoms with Crippen LogP contribution in [0.3, 0.4) is 0 Å². The summed E-state index contributed by atoms with van der Waals surface area (Å²) in [5.41, 5.74) is 1.69. The molecule has 1 N–H and O–H groups in total. The van der Waals surface area contributed by atoms with Gasteiger partial charge in [-0.1, -0.05) is 11.6 Å². The molecule has 0 amide bonds. The van der Waals surface area contributed by atoms with E-state index in [1.165, 1.54) is 0 Å². The van der Waals surface area contributed by atoms with Crippen LogP contribution in [0, 0.1) is 6.92 Å². The van der Waals surface area contributed by atoms with E-state index in [0.29, 0.717) is 22.9 Å². The first-order chi connectivity index (χ1) is 7.51. The second-order valence-electron chi connectivity index (χ2n) is 3.76. The molecule has 3 nitrogen and oxygen atoms in total. The van der Waals surface area contributed by atoms with Crippen molar-refractivity contribution in [3.8, 4) is 11.5 Å².